The molecule has 0 fully saturated rings. The molecule has 0 aliphatic rings. The van der Waals surface area contributed by atoms with Crippen LogP contribution in [-0.2, 0) is 0 Å². The van der Waals surface area contributed by atoms with Crippen molar-refractivity contribution in [2.75, 3.05) is 11.9 Å². The molecule has 130 valence electrons. The van der Waals surface area contributed by atoms with Gasteiger partial charge in [-0.2, -0.15) is 0 Å². The monoisotopic (exact) mass is 367 g/mol. The number of amides is 1. The smallest absolute Gasteiger partial charge is 0.345 e. The minimum atomic E-state index is -0.486. The van der Waals surface area contributed by atoms with Crippen molar-refractivity contribution in [3.05, 3.63) is 75.2 Å². The molecule has 6 heteroatoms. The highest BCUT2D eigenvalue weighted by molar-refractivity contribution is 7.21. The summed E-state index contributed by atoms with van der Waals surface area (Å²) in [6.45, 7) is 1.95. The largest absolute Gasteiger partial charge is 0.422 e. The second-order valence-electron chi connectivity index (χ2n) is 6.06. The van der Waals surface area contributed by atoms with Gasteiger partial charge in [0.15, 0.2) is 0 Å². The Kier molecular flexibility index (Phi) is 3.85. The standard InChI is InChI=1S/C20H14FNO3S/c1-11-7-8-16-12(9-11)18-13(20(24)25-16)10-17(26-18)19(23)22(2)15-6-4-3-5-14(15)21/h3-10H,1-2H3. The van der Waals surface area contributed by atoms with Gasteiger partial charge in [-0.3, -0.25) is 4.79 Å². The first-order valence-corrected chi connectivity index (χ1v) is 8.77. The highest BCUT2D eigenvalue weighted by Crippen LogP contribution is 2.32. The average molecular weight is 367 g/mol. The number of hydrogen-bond donors (Lipinski definition) is 0. The molecule has 26 heavy (non-hydrogen) atoms. The van der Waals surface area contributed by atoms with Gasteiger partial charge in [-0.05, 0) is 37.3 Å². The molecule has 2 aromatic heterocycles. The van der Waals surface area contributed by atoms with Gasteiger partial charge in [-0.25, -0.2) is 9.18 Å². The third kappa shape index (κ3) is 2.59. The molecule has 1 amide bonds. The van der Waals surface area contributed by atoms with E-state index in [0.717, 1.165) is 10.9 Å². The van der Waals surface area contributed by atoms with Crippen molar-refractivity contribution in [2.45, 2.75) is 6.92 Å². The number of thiophene rings is 1. The normalized spacial score (nSPS) is 11.2. The van der Waals surface area contributed by atoms with E-state index in [9.17, 15) is 14.0 Å². The number of anilines is 1. The zero-order valence-electron chi connectivity index (χ0n) is 14.1. The molecule has 0 atom stereocenters. The van der Waals surface area contributed by atoms with E-state index in [4.69, 9.17) is 4.42 Å². The molecule has 0 N–H and O–H groups in total. The number of rotatable bonds is 2. The summed E-state index contributed by atoms with van der Waals surface area (Å²) in [7, 11) is 1.51. The van der Waals surface area contributed by atoms with Crippen molar-refractivity contribution in [1.82, 2.24) is 0 Å². The fraction of sp³-hybridized carbons (Fsp3) is 0.100. The Morgan fingerprint density at radius 3 is 2.65 bits per heavy atom. The first-order valence-electron chi connectivity index (χ1n) is 7.95. The average Bonchev–Trinajstić information content (AvgIpc) is 3.08. The van der Waals surface area contributed by atoms with Crippen LogP contribution < -0.4 is 10.5 Å². The van der Waals surface area contributed by atoms with Gasteiger partial charge in [0.2, 0.25) is 0 Å². The molecule has 0 saturated heterocycles. The molecule has 0 unspecified atom stereocenters. The fourth-order valence-corrected chi connectivity index (χ4v) is 4.05. The predicted molar refractivity (Wildman–Crippen MR) is 102 cm³/mol. The van der Waals surface area contributed by atoms with E-state index in [2.05, 4.69) is 0 Å². The van der Waals surface area contributed by atoms with Gasteiger partial charge >= 0.3 is 5.63 Å². The quantitative estimate of drug-likeness (QED) is 0.481. The first-order chi connectivity index (χ1) is 12.5. The summed E-state index contributed by atoms with van der Waals surface area (Å²) in [5.74, 6) is -0.860. The molecule has 0 bridgehead atoms. The molecule has 4 nitrogen and oxygen atoms in total. The molecule has 0 saturated carbocycles. The number of aryl methyl sites for hydroxylation is 1. The number of benzene rings is 2. The van der Waals surface area contributed by atoms with E-state index < -0.39 is 11.4 Å². The Hall–Kier alpha value is -2.99. The summed E-state index contributed by atoms with van der Waals surface area (Å²) < 4.78 is 20.0. The summed E-state index contributed by atoms with van der Waals surface area (Å²) in [6, 6.07) is 13.1. The lowest BCUT2D eigenvalue weighted by Crippen LogP contribution is -2.26. The van der Waals surface area contributed by atoms with Gasteiger partial charge in [0.1, 0.15) is 11.4 Å². The second-order valence-corrected chi connectivity index (χ2v) is 7.11. The molecule has 4 rings (SSSR count). The van der Waals surface area contributed by atoms with Crippen molar-refractivity contribution >= 4 is 44.0 Å². The Balaban J connectivity index is 1.87. The SMILES string of the molecule is Cc1ccc2oc(=O)c3cc(C(=O)N(C)c4ccccc4F)sc3c2c1. The third-order valence-electron chi connectivity index (χ3n) is 4.26. The van der Waals surface area contributed by atoms with Gasteiger partial charge in [0, 0.05) is 12.4 Å². The Morgan fingerprint density at radius 2 is 1.88 bits per heavy atom. The van der Waals surface area contributed by atoms with Crippen LogP contribution in [0.5, 0.6) is 0 Å². The van der Waals surface area contributed by atoms with Crippen molar-refractivity contribution in [2.24, 2.45) is 0 Å². The molecule has 0 radical (unpaired) electrons. The van der Waals surface area contributed by atoms with Crippen LogP contribution in [-0.4, -0.2) is 13.0 Å². The number of fused-ring (bicyclic) bond motifs is 3. The maximum Gasteiger partial charge on any atom is 0.345 e. The fourth-order valence-electron chi connectivity index (χ4n) is 2.91. The highest BCUT2D eigenvalue weighted by atomic mass is 32.1. The molecule has 4 aromatic rings. The number of halogens is 1. The summed E-state index contributed by atoms with van der Waals surface area (Å²) in [6.07, 6.45) is 0. The highest BCUT2D eigenvalue weighted by Gasteiger charge is 2.21. The van der Waals surface area contributed by atoms with Crippen LogP contribution in [0, 0.1) is 12.7 Å². The maximum atomic E-state index is 14.0. The molecule has 2 heterocycles. The molecular weight excluding hydrogens is 353 g/mol. The van der Waals surface area contributed by atoms with Crippen LogP contribution in [0.25, 0.3) is 21.1 Å². The minimum Gasteiger partial charge on any atom is -0.422 e. The number of para-hydroxylation sites is 1. The van der Waals surface area contributed by atoms with Gasteiger partial charge in [0.25, 0.3) is 5.91 Å². The van der Waals surface area contributed by atoms with Gasteiger partial charge in [-0.15, -0.1) is 11.3 Å². The first kappa shape index (κ1) is 16.5. The van der Waals surface area contributed by atoms with E-state index >= 15 is 0 Å². The van der Waals surface area contributed by atoms with Crippen LogP contribution >= 0.6 is 11.3 Å². The zero-order valence-corrected chi connectivity index (χ0v) is 14.9. The second kappa shape index (κ2) is 6.07. The minimum absolute atomic E-state index is 0.183. The molecular formula is C20H14FNO3S. The number of carbonyl (C=O) groups excluding carboxylic acids is 1. The van der Waals surface area contributed by atoms with Crippen molar-refractivity contribution in [3.63, 3.8) is 0 Å². The zero-order chi connectivity index (χ0) is 18.4. The lowest BCUT2D eigenvalue weighted by atomic mass is 10.1. The van der Waals surface area contributed by atoms with Crippen LogP contribution in [0.1, 0.15) is 15.2 Å². The summed E-state index contributed by atoms with van der Waals surface area (Å²) >= 11 is 1.21. The van der Waals surface area contributed by atoms with Crippen LogP contribution in [0.2, 0.25) is 0 Å². The Labute approximate surface area is 152 Å². The molecule has 2 aromatic carbocycles. The van der Waals surface area contributed by atoms with E-state index in [1.165, 1.54) is 41.5 Å². The number of nitrogens with zero attached hydrogens (tertiary/aromatic N) is 1. The molecule has 0 aliphatic carbocycles. The topological polar surface area (TPSA) is 50.5 Å². The van der Waals surface area contributed by atoms with E-state index in [0.29, 0.717) is 20.5 Å². The lowest BCUT2D eigenvalue weighted by molar-refractivity contribution is 0.0996. The van der Waals surface area contributed by atoms with Gasteiger partial charge in [0.05, 0.1) is 20.7 Å². The van der Waals surface area contributed by atoms with Gasteiger partial charge < -0.3 is 9.32 Å². The third-order valence-corrected chi connectivity index (χ3v) is 5.42. The lowest BCUT2D eigenvalue weighted by Gasteiger charge is -2.16. The van der Waals surface area contributed by atoms with Crippen LogP contribution in [0.4, 0.5) is 10.1 Å². The van der Waals surface area contributed by atoms with Gasteiger partial charge in [-0.1, -0.05) is 23.8 Å². The Bertz CT molecular complexity index is 1220. The van der Waals surface area contributed by atoms with E-state index in [-0.39, 0.29) is 11.6 Å². The van der Waals surface area contributed by atoms with Crippen molar-refractivity contribution in [1.29, 1.82) is 0 Å². The molecule has 0 aliphatic heterocycles. The summed E-state index contributed by atoms with van der Waals surface area (Å²) in [4.78, 5) is 26.7. The van der Waals surface area contributed by atoms with Crippen molar-refractivity contribution in [3.8, 4) is 0 Å². The summed E-state index contributed by atoms with van der Waals surface area (Å²) in [5, 5.41) is 1.15. The summed E-state index contributed by atoms with van der Waals surface area (Å²) in [5.41, 5.74) is 1.21. The van der Waals surface area contributed by atoms with Crippen LogP contribution in [0.15, 0.2) is 57.7 Å². The maximum absolute atomic E-state index is 14.0. The number of hydrogen-bond acceptors (Lipinski definition) is 4. The van der Waals surface area contributed by atoms with Crippen molar-refractivity contribution < 1.29 is 13.6 Å². The number of carbonyl (C=O) groups is 1. The predicted octanol–water partition coefficient (Wildman–Crippen LogP) is 4.73. The van der Waals surface area contributed by atoms with E-state index in [1.807, 2.05) is 19.1 Å². The van der Waals surface area contributed by atoms with Crippen LogP contribution in [0.3, 0.4) is 0 Å². The Morgan fingerprint density at radius 1 is 1.12 bits per heavy atom. The molecule has 0 spiro atoms. The van der Waals surface area contributed by atoms with E-state index in [1.54, 1.807) is 18.2 Å².